The van der Waals surface area contributed by atoms with Crippen LogP contribution in [0.4, 0.5) is 0 Å². The third-order valence-electron chi connectivity index (χ3n) is 3.41. The molecule has 0 saturated carbocycles. The van der Waals surface area contributed by atoms with E-state index in [1.807, 2.05) is 0 Å². The van der Waals surface area contributed by atoms with Crippen molar-refractivity contribution in [2.75, 3.05) is 52.7 Å². The van der Waals surface area contributed by atoms with Crippen LogP contribution in [0.15, 0.2) is 0 Å². The van der Waals surface area contributed by atoms with E-state index < -0.39 is 0 Å². The average Bonchev–Trinajstić information content (AvgIpc) is 2.43. The SMILES string of the molecule is CCCCOCCOCCOCCNCC(C)C(C)C. The Morgan fingerprint density at radius 1 is 0.800 bits per heavy atom. The highest BCUT2D eigenvalue weighted by atomic mass is 16.5. The second-order valence-corrected chi connectivity index (χ2v) is 5.62. The molecule has 0 aliphatic heterocycles. The van der Waals surface area contributed by atoms with Crippen molar-refractivity contribution >= 4 is 0 Å². The number of rotatable bonds is 15. The van der Waals surface area contributed by atoms with Gasteiger partial charge in [0.05, 0.1) is 33.0 Å². The first-order chi connectivity index (χ1) is 9.68. The van der Waals surface area contributed by atoms with Crippen LogP contribution in [-0.4, -0.2) is 52.7 Å². The molecule has 1 N–H and O–H groups in total. The van der Waals surface area contributed by atoms with Gasteiger partial charge in [0, 0.05) is 13.2 Å². The van der Waals surface area contributed by atoms with Crippen LogP contribution < -0.4 is 5.32 Å². The van der Waals surface area contributed by atoms with Crippen LogP contribution >= 0.6 is 0 Å². The Balaban J connectivity index is 3.03. The molecule has 0 radical (unpaired) electrons. The van der Waals surface area contributed by atoms with E-state index in [0.29, 0.717) is 32.3 Å². The van der Waals surface area contributed by atoms with E-state index in [1.165, 1.54) is 6.42 Å². The number of ether oxygens (including phenoxy) is 3. The van der Waals surface area contributed by atoms with Gasteiger partial charge in [-0.25, -0.2) is 0 Å². The molecule has 0 aromatic rings. The lowest BCUT2D eigenvalue weighted by Crippen LogP contribution is -2.27. The molecule has 0 bridgehead atoms. The van der Waals surface area contributed by atoms with Gasteiger partial charge in [-0.1, -0.05) is 34.1 Å². The second-order valence-electron chi connectivity index (χ2n) is 5.62. The summed E-state index contributed by atoms with van der Waals surface area (Å²) in [4.78, 5) is 0. The number of hydrogen-bond acceptors (Lipinski definition) is 4. The molecule has 0 aliphatic carbocycles. The molecule has 122 valence electrons. The highest BCUT2D eigenvalue weighted by molar-refractivity contribution is 4.60. The molecule has 20 heavy (non-hydrogen) atoms. The highest BCUT2D eigenvalue weighted by Gasteiger charge is 2.05. The summed E-state index contributed by atoms with van der Waals surface area (Å²) >= 11 is 0. The largest absolute Gasteiger partial charge is 0.379 e. The van der Waals surface area contributed by atoms with Gasteiger partial charge in [0.2, 0.25) is 0 Å². The summed E-state index contributed by atoms with van der Waals surface area (Å²) in [5.41, 5.74) is 0. The molecule has 0 amide bonds. The zero-order valence-corrected chi connectivity index (χ0v) is 14.0. The Labute approximate surface area is 125 Å². The van der Waals surface area contributed by atoms with Gasteiger partial charge in [0.1, 0.15) is 0 Å². The maximum absolute atomic E-state index is 5.49. The van der Waals surface area contributed by atoms with Crippen molar-refractivity contribution in [3.63, 3.8) is 0 Å². The quantitative estimate of drug-likeness (QED) is 0.471. The van der Waals surface area contributed by atoms with Crippen LogP contribution in [-0.2, 0) is 14.2 Å². The molecule has 0 aromatic carbocycles. The average molecular weight is 289 g/mol. The van der Waals surface area contributed by atoms with Crippen molar-refractivity contribution in [1.82, 2.24) is 5.32 Å². The van der Waals surface area contributed by atoms with Crippen molar-refractivity contribution in [2.45, 2.75) is 40.5 Å². The summed E-state index contributed by atoms with van der Waals surface area (Å²) in [7, 11) is 0. The topological polar surface area (TPSA) is 39.7 Å². The molecular weight excluding hydrogens is 254 g/mol. The van der Waals surface area contributed by atoms with Gasteiger partial charge in [-0.3, -0.25) is 0 Å². The van der Waals surface area contributed by atoms with Gasteiger partial charge < -0.3 is 19.5 Å². The fourth-order valence-corrected chi connectivity index (χ4v) is 1.50. The van der Waals surface area contributed by atoms with Crippen molar-refractivity contribution in [3.05, 3.63) is 0 Å². The first-order valence-electron chi connectivity index (χ1n) is 8.12. The minimum absolute atomic E-state index is 0.652. The van der Waals surface area contributed by atoms with Gasteiger partial charge in [-0.2, -0.15) is 0 Å². The predicted molar refractivity (Wildman–Crippen MR) is 84.2 cm³/mol. The fraction of sp³-hybridized carbons (Fsp3) is 1.00. The maximum Gasteiger partial charge on any atom is 0.0701 e. The molecule has 1 unspecified atom stereocenters. The van der Waals surface area contributed by atoms with E-state index in [9.17, 15) is 0 Å². The van der Waals surface area contributed by atoms with Gasteiger partial charge in [0.15, 0.2) is 0 Å². The van der Waals surface area contributed by atoms with Gasteiger partial charge in [-0.15, -0.1) is 0 Å². The molecule has 1 atom stereocenters. The van der Waals surface area contributed by atoms with Crippen LogP contribution in [0.2, 0.25) is 0 Å². The lowest BCUT2D eigenvalue weighted by atomic mass is 9.98. The second kappa shape index (κ2) is 15.2. The molecule has 0 fully saturated rings. The van der Waals surface area contributed by atoms with E-state index in [2.05, 4.69) is 33.0 Å². The van der Waals surface area contributed by atoms with Crippen LogP contribution in [0, 0.1) is 11.8 Å². The summed E-state index contributed by atoms with van der Waals surface area (Å²) in [5, 5.41) is 3.41. The predicted octanol–water partition coefficient (Wildman–Crippen LogP) is 2.72. The molecule has 0 spiro atoms. The van der Waals surface area contributed by atoms with Crippen molar-refractivity contribution < 1.29 is 14.2 Å². The molecule has 0 aliphatic rings. The maximum atomic E-state index is 5.49. The smallest absolute Gasteiger partial charge is 0.0701 e. The Kier molecular flexibility index (Phi) is 15.1. The van der Waals surface area contributed by atoms with E-state index >= 15 is 0 Å². The molecule has 0 saturated heterocycles. The third kappa shape index (κ3) is 14.3. The molecule has 0 aromatic heterocycles. The molecule has 0 heterocycles. The Morgan fingerprint density at radius 2 is 1.35 bits per heavy atom. The van der Waals surface area contributed by atoms with Gasteiger partial charge in [0.25, 0.3) is 0 Å². The molecule has 4 nitrogen and oxygen atoms in total. The van der Waals surface area contributed by atoms with Crippen molar-refractivity contribution in [2.24, 2.45) is 11.8 Å². The summed E-state index contributed by atoms with van der Waals surface area (Å²) in [6.07, 6.45) is 2.31. The third-order valence-corrected chi connectivity index (χ3v) is 3.41. The normalized spacial score (nSPS) is 13.1. The zero-order chi connectivity index (χ0) is 15.1. The standard InChI is InChI=1S/C16H35NO3/c1-5-6-8-18-10-12-20-13-11-19-9-7-17-14-16(4)15(2)3/h15-17H,5-14H2,1-4H3. The number of hydrogen-bond donors (Lipinski definition) is 1. The Morgan fingerprint density at radius 3 is 1.90 bits per heavy atom. The minimum Gasteiger partial charge on any atom is -0.379 e. The summed E-state index contributed by atoms with van der Waals surface area (Å²) in [6.45, 7) is 15.2. The van der Waals surface area contributed by atoms with Gasteiger partial charge in [-0.05, 0) is 24.8 Å². The monoisotopic (exact) mass is 289 g/mol. The van der Waals surface area contributed by atoms with Gasteiger partial charge >= 0.3 is 0 Å². The van der Waals surface area contributed by atoms with E-state index in [0.717, 1.165) is 38.6 Å². The Bertz CT molecular complexity index is 189. The van der Waals surface area contributed by atoms with Crippen molar-refractivity contribution in [3.8, 4) is 0 Å². The summed E-state index contributed by atoms with van der Waals surface area (Å²) < 4.78 is 16.3. The first-order valence-corrected chi connectivity index (χ1v) is 8.12. The lowest BCUT2D eigenvalue weighted by molar-refractivity contribution is 0.0145. The molecule has 0 rings (SSSR count). The molecular formula is C16H35NO3. The molecule has 4 heteroatoms. The van der Waals surface area contributed by atoms with Crippen LogP contribution in [0.25, 0.3) is 0 Å². The van der Waals surface area contributed by atoms with E-state index in [-0.39, 0.29) is 0 Å². The summed E-state index contributed by atoms with van der Waals surface area (Å²) in [6, 6.07) is 0. The first kappa shape index (κ1) is 19.8. The number of unbranched alkanes of at least 4 members (excludes halogenated alkanes) is 1. The zero-order valence-electron chi connectivity index (χ0n) is 14.0. The fourth-order valence-electron chi connectivity index (χ4n) is 1.50. The van der Waals surface area contributed by atoms with Crippen LogP contribution in [0.5, 0.6) is 0 Å². The van der Waals surface area contributed by atoms with Crippen LogP contribution in [0.3, 0.4) is 0 Å². The Hall–Kier alpha value is -0.160. The number of nitrogens with one attached hydrogen (secondary N) is 1. The van der Waals surface area contributed by atoms with E-state index in [1.54, 1.807) is 0 Å². The van der Waals surface area contributed by atoms with E-state index in [4.69, 9.17) is 14.2 Å². The minimum atomic E-state index is 0.652. The summed E-state index contributed by atoms with van der Waals surface area (Å²) in [5.74, 6) is 1.45. The van der Waals surface area contributed by atoms with Crippen LogP contribution in [0.1, 0.15) is 40.5 Å². The van der Waals surface area contributed by atoms with Crippen molar-refractivity contribution in [1.29, 1.82) is 0 Å². The lowest BCUT2D eigenvalue weighted by Gasteiger charge is -2.16. The highest BCUT2D eigenvalue weighted by Crippen LogP contribution is 2.06.